The number of aliphatic hydroxyl groups is 1. The molecule has 0 aliphatic heterocycles. The number of allylic oxidation sites excluding steroid dienone is 2. The van der Waals surface area contributed by atoms with E-state index in [1.807, 2.05) is 6.08 Å². The molecule has 3 aliphatic rings. The Hall–Kier alpha value is -1.07. The van der Waals surface area contributed by atoms with Crippen molar-refractivity contribution in [2.75, 3.05) is 0 Å². The van der Waals surface area contributed by atoms with Crippen molar-refractivity contribution in [3.63, 3.8) is 0 Å². The first kappa shape index (κ1) is 14.9. The minimum absolute atomic E-state index is 0.127. The number of carbonyl (C=O) groups excluding carboxylic acids is 1. The fourth-order valence-electron chi connectivity index (χ4n) is 5.25. The number of hydrogen-bond donors (Lipinski definition) is 1. The van der Waals surface area contributed by atoms with Crippen molar-refractivity contribution < 1.29 is 9.90 Å². The number of terminal acetylenes is 1. The second-order valence-electron chi connectivity index (χ2n) is 7.92. The van der Waals surface area contributed by atoms with E-state index in [1.165, 1.54) is 5.57 Å². The summed E-state index contributed by atoms with van der Waals surface area (Å²) in [6, 6.07) is 0. The zero-order chi connectivity index (χ0) is 15.3. The summed E-state index contributed by atoms with van der Waals surface area (Å²) in [5.74, 6) is 4.15. The van der Waals surface area contributed by atoms with Crippen LogP contribution in [0.5, 0.6) is 0 Å². The van der Waals surface area contributed by atoms with Crippen molar-refractivity contribution in [1.82, 2.24) is 0 Å². The van der Waals surface area contributed by atoms with E-state index in [1.54, 1.807) is 0 Å². The van der Waals surface area contributed by atoms with Crippen LogP contribution in [0.1, 0.15) is 58.8 Å². The highest BCUT2D eigenvalue weighted by atomic mass is 16.3. The first-order chi connectivity index (χ1) is 9.89. The van der Waals surface area contributed by atoms with Gasteiger partial charge in [0.25, 0.3) is 0 Å². The van der Waals surface area contributed by atoms with Crippen molar-refractivity contribution >= 4 is 5.78 Å². The number of ketones is 1. The second-order valence-corrected chi connectivity index (χ2v) is 7.92. The molecular formula is C19H26O2. The summed E-state index contributed by atoms with van der Waals surface area (Å²) in [6.07, 6.45) is 13.8. The standard InChI is InChI=1S/C19H26O2/c1-4-17(21)18(2)9-8-16-13(12-18)5-6-14-11-15(20)7-10-19(14,16)3/h1,11,13,16-17,21H,5-10,12H2,2-3H3/t13-,16-,17+,18-,19-/m0/s1. The van der Waals surface area contributed by atoms with Crippen LogP contribution in [0.2, 0.25) is 0 Å². The third kappa shape index (κ3) is 2.27. The molecule has 0 aromatic heterocycles. The van der Waals surface area contributed by atoms with Crippen molar-refractivity contribution in [1.29, 1.82) is 0 Å². The van der Waals surface area contributed by atoms with Crippen LogP contribution in [-0.2, 0) is 4.79 Å². The molecule has 2 saturated carbocycles. The van der Waals surface area contributed by atoms with Crippen LogP contribution in [0, 0.1) is 35.0 Å². The molecule has 1 N–H and O–H groups in total. The lowest BCUT2D eigenvalue weighted by atomic mass is 9.49. The van der Waals surface area contributed by atoms with Crippen molar-refractivity contribution in [2.45, 2.75) is 64.9 Å². The van der Waals surface area contributed by atoms with Crippen LogP contribution in [0.25, 0.3) is 0 Å². The summed E-state index contributed by atoms with van der Waals surface area (Å²) >= 11 is 0. The molecule has 3 rings (SSSR count). The SMILES string of the molecule is C#C[C@@H](O)[C@@]1(C)CC[C@H]2[C@@H](CCC3=CC(=O)CC[C@@]32C)C1. The van der Waals surface area contributed by atoms with E-state index in [-0.39, 0.29) is 10.8 Å². The molecule has 114 valence electrons. The van der Waals surface area contributed by atoms with Gasteiger partial charge in [-0.1, -0.05) is 25.3 Å². The van der Waals surface area contributed by atoms with Crippen LogP contribution >= 0.6 is 0 Å². The lowest BCUT2D eigenvalue weighted by Crippen LogP contribution is -2.48. The Labute approximate surface area is 128 Å². The maximum absolute atomic E-state index is 11.7. The number of hydrogen-bond acceptors (Lipinski definition) is 2. The van der Waals surface area contributed by atoms with Crippen molar-refractivity contribution in [2.24, 2.45) is 22.7 Å². The quantitative estimate of drug-likeness (QED) is 0.749. The smallest absolute Gasteiger partial charge is 0.155 e. The van der Waals surface area contributed by atoms with E-state index in [9.17, 15) is 9.90 Å². The Kier molecular flexibility index (Phi) is 3.53. The molecule has 0 bridgehead atoms. The summed E-state index contributed by atoms with van der Waals surface area (Å²) in [6.45, 7) is 4.51. The molecule has 0 radical (unpaired) electrons. The maximum Gasteiger partial charge on any atom is 0.155 e. The van der Waals surface area contributed by atoms with Gasteiger partial charge in [-0.15, -0.1) is 6.42 Å². The molecule has 2 nitrogen and oxygen atoms in total. The highest BCUT2D eigenvalue weighted by Crippen LogP contribution is 2.60. The molecule has 0 heterocycles. The van der Waals surface area contributed by atoms with E-state index in [2.05, 4.69) is 19.8 Å². The van der Waals surface area contributed by atoms with E-state index in [4.69, 9.17) is 6.42 Å². The van der Waals surface area contributed by atoms with Gasteiger partial charge in [-0.3, -0.25) is 4.79 Å². The Bertz CT molecular complexity index is 526. The molecule has 0 saturated heterocycles. The molecule has 3 aliphatic carbocycles. The predicted octanol–water partition coefficient (Wildman–Crippen LogP) is 3.49. The van der Waals surface area contributed by atoms with Crippen LogP contribution in [0.4, 0.5) is 0 Å². The average molecular weight is 286 g/mol. The third-order valence-electron chi connectivity index (χ3n) is 6.70. The number of aliphatic hydroxyl groups excluding tert-OH is 1. The lowest BCUT2D eigenvalue weighted by Gasteiger charge is -2.55. The molecular weight excluding hydrogens is 260 g/mol. The summed E-state index contributed by atoms with van der Waals surface area (Å²) in [7, 11) is 0. The van der Waals surface area contributed by atoms with E-state index in [0.717, 1.165) is 38.5 Å². The number of carbonyl (C=O) groups is 1. The summed E-state index contributed by atoms with van der Waals surface area (Å²) in [4.78, 5) is 11.7. The monoisotopic (exact) mass is 286 g/mol. The fraction of sp³-hybridized carbons (Fsp3) is 0.737. The van der Waals surface area contributed by atoms with Crippen LogP contribution in [-0.4, -0.2) is 17.0 Å². The second kappa shape index (κ2) is 4.99. The van der Waals surface area contributed by atoms with Crippen LogP contribution in [0.3, 0.4) is 0 Å². The van der Waals surface area contributed by atoms with E-state index >= 15 is 0 Å². The predicted molar refractivity (Wildman–Crippen MR) is 83.4 cm³/mol. The Morgan fingerprint density at radius 2 is 2.10 bits per heavy atom. The molecule has 2 heteroatoms. The van der Waals surface area contributed by atoms with E-state index < -0.39 is 6.10 Å². The number of rotatable bonds is 1. The van der Waals surface area contributed by atoms with Crippen LogP contribution in [0.15, 0.2) is 11.6 Å². The summed E-state index contributed by atoms with van der Waals surface area (Å²) < 4.78 is 0. The first-order valence-electron chi connectivity index (χ1n) is 8.27. The zero-order valence-corrected chi connectivity index (χ0v) is 13.2. The Morgan fingerprint density at radius 3 is 2.81 bits per heavy atom. The molecule has 0 spiro atoms. The molecule has 5 atom stereocenters. The Balaban J connectivity index is 1.85. The van der Waals surface area contributed by atoms with Gasteiger partial charge in [-0.05, 0) is 61.9 Å². The highest BCUT2D eigenvalue weighted by molar-refractivity contribution is 5.91. The highest BCUT2D eigenvalue weighted by Gasteiger charge is 2.51. The van der Waals surface area contributed by atoms with Gasteiger partial charge in [0.1, 0.15) is 6.10 Å². The van der Waals surface area contributed by atoms with Gasteiger partial charge < -0.3 is 5.11 Å². The van der Waals surface area contributed by atoms with Gasteiger partial charge in [0.05, 0.1) is 0 Å². The minimum atomic E-state index is -0.629. The molecule has 0 aromatic carbocycles. The lowest BCUT2D eigenvalue weighted by molar-refractivity contribution is -0.117. The molecule has 0 aromatic rings. The summed E-state index contributed by atoms with van der Waals surface area (Å²) in [5.41, 5.74) is 1.47. The van der Waals surface area contributed by atoms with Crippen LogP contribution < -0.4 is 0 Å². The normalized spacial score (nSPS) is 44.1. The molecule has 21 heavy (non-hydrogen) atoms. The number of fused-ring (bicyclic) bond motifs is 3. The van der Waals surface area contributed by atoms with Gasteiger partial charge in [0.2, 0.25) is 0 Å². The van der Waals surface area contributed by atoms with Gasteiger partial charge in [0.15, 0.2) is 5.78 Å². The molecule has 0 unspecified atom stereocenters. The fourth-order valence-corrected chi connectivity index (χ4v) is 5.25. The minimum Gasteiger partial charge on any atom is -0.380 e. The van der Waals surface area contributed by atoms with E-state index in [0.29, 0.717) is 24.0 Å². The zero-order valence-electron chi connectivity index (χ0n) is 13.2. The Morgan fingerprint density at radius 1 is 1.33 bits per heavy atom. The van der Waals surface area contributed by atoms with Crippen molar-refractivity contribution in [3.05, 3.63) is 11.6 Å². The topological polar surface area (TPSA) is 37.3 Å². The van der Waals surface area contributed by atoms with Gasteiger partial charge in [-0.25, -0.2) is 0 Å². The van der Waals surface area contributed by atoms with Gasteiger partial charge in [-0.2, -0.15) is 0 Å². The molecule has 2 fully saturated rings. The maximum atomic E-state index is 11.7. The average Bonchev–Trinajstić information content (AvgIpc) is 2.47. The van der Waals surface area contributed by atoms with Crippen molar-refractivity contribution in [3.8, 4) is 12.3 Å². The summed E-state index contributed by atoms with van der Waals surface area (Å²) in [5, 5.41) is 10.2. The van der Waals surface area contributed by atoms with Gasteiger partial charge in [0, 0.05) is 11.8 Å². The molecule has 0 amide bonds. The first-order valence-corrected chi connectivity index (χ1v) is 8.27. The van der Waals surface area contributed by atoms with Gasteiger partial charge >= 0.3 is 0 Å². The third-order valence-corrected chi connectivity index (χ3v) is 6.70. The largest absolute Gasteiger partial charge is 0.380 e.